The van der Waals surface area contributed by atoms with Crippen molar-refractivity contribution in [1.82, 2.24) is 10.2 Å². The normalized spacial score (nSPS) is 21.4. The molecule has 2 N–H and O–H groups in total. The van der Waals surface area contributed by atoms with Gasteiger partial charge in [-0.1, -0.05) is 6.07 Å². The number of hydrogen-bond donors (Lipinski definition) is 2. The molecule has 3 rings (SSSR count). The lowest BCUT2D eigenvalue weighted by Gasteiger charge is -2.41. The first-order chi connectivity index (χ1) is 11.9. The number of morpholine rings is 1. The predicted molar refractivity (Wildman–Crippen MR) is 91.9 cm³/mol. The van der Waals surface area contributed by atoms with Crippen LogP contribution in [0.4, 0.5) is 10.1 Å². The van der Waals surface area contributed by atoms with Crippen molar-refractivity contribution in [3.63, 3.8) is 0 Å². The van der Waals surface area contributed by atoms with Gasteiger partial charge in [-0.15, -0.1) is 0 Å². The van der Waals surface area contributed by atoms with Crippen LogP contribution >= 0.6 is 0 Å². The molecule has 0 unspecified atom stereocenters. The van der Waals surface area contributed by atoms with E-state index in [-0.39, 0.29) is 23.8 Å². The fourth-order valence-electron chi connectivity index (χ4n) is 3.38. The lowest BCUT2D eigenvalue weighted by Crippen LogP contribution is -2.55. The van der Waals surface area contributed by atoms with Crippen LogP contribution in [-0.2, 0) is 14.3 Å². The van der Waals surface area contributed by atoms with Crippen LogP contribution in [0.3, 0.4) is 0 Å². The van der Waals surface area contributed by atoms with Crippen molar-refractivity contribution in [3.8, 4) is 0 Å². The van der Waals surface area contributed by atoms with Gasteiger partial charge in [-0.05, 0) is 31.5 Å². The Morgan fingerprint density at radius 2 is 2.12 bits per heavy atom. The van der Waals surface area contributed by atoms with Gasteiger partial charge in [-0.2, -0.15) is 0 Å². The molecule has 6 nitrogen and oxygen atoms in total. The number of halogens is 1. The maximum absolute atomic E-state index is 13.4. The maximum atomic E-state index is 13.4. The second-order valence-electron chi connectivity index (χ2n) is 7.17. The molecular weight excluding hydrogens is 325 g/mol. The average molecular weight is 349 g/mol. The number of hydrogen-bond acceptors (Lipinski definition) is 4. The van der Waals surface area contributed by atoms with Crippen LogP contribution in [0, 0.1) is 5.82 Å². The zero-order chi connectivity index (χ0) is 18.0. The number of nitrogens with zero attached hydrogens (tertiary/aromatic N) is 1. The number of amides is 2. The van der Waals surface area contributed by atoms with Gasteiger partial charge in [0, 0.05) is 37.3 Å². The van der Waals surface area contributed by atoms with Crippen molar-refractivity contribution in [1.29, 1.82) is 0 Å². The minimum absolute atomic E-state index is 0.0719. The van der Waals surface area contributed by atoms with E-state index in [0.717, 1.165) is 13.1 Å². The fraction of sp³-hybridized carbons (Fsp3) is 0.556. The summed E-state index contributed by atoms with van der Waals surface area (Å²) in [6.45, 7) is 7.68. The highest BCUT2D eigenvalue weighted by Crippen LogP contribution is 2.33. The van der Waals surface area contributed by atoms with Crippen molar-refractivity contribution in [2.75, 3.05) is 38.2 Å². The Hall–Kier alpha value is -1.99. The highest BCUT2D eigenvalue weighted by atomic mass is 19.1. The Morgan fingerprint density at radius 3 is 2.84 bits per heavy atom. The molecule has 7 heteroatoms. The Bertz CT molecular complexity index is 672. The number of anilines is 1. The summed E-state index contributed by atoms with van der Waals surface area (Å²) in [6, 6.07) is 4.14. The SMILES string of the molecule is CC(C)(CNC(=O)[C@@H]1CC(=O)Nc2cc(F)ccc21)N1CCOCC1. The van der Waals surface area contributed by atoms with E-state index in [1.165, 1.54) is 12.1 Å². The topological polar surface area (TPSA) is 70.7 Å². The summed E-state index contributed by atoms with van der Waals surface area (Å²) in [7, 11) is 0. The quantitative estimate of drug-likeness (QED) is 0.864. The van der Waals surface area contributed by atoms with Gasteiger partial charge in [0.05, 0.1) is 19.1 Å². The van der Waals surface area contributed by atoms with E-state index >= 15 is 0 Å². The number of carbonyl (C=O) groups excluding carboxylic acids is 2. The van der Waals surface area contributed by atoms with Gasteiger partial charge in [0.1, 0.15) is 5.82 Å². The lowest BCUT2D eigenvalue weighted by atomic mass is 9.89. The summed E-state index contributed by atoms with van der Waals surface area (Å²) in [6.07, 6.45) is 0.0719. The van der Waals surface area contributed by atoms with Crippen LogP contribution in [-0.4, -0.2) is 55.1 Å². The van der Waals surface area contributed by atoms with E-state index in [9.17, 15) is 14.0 Å². The monoisotopic (exact) mass is 349 g/mol. The summed E-state index contributed by atoms with van der Waals surface area (Å²) < 4.78 is 18.8. The van der Waals surface area contributed by atoms with Crippen LogP contribution in [0.5, 0.6) is 0 Å². The highest BCUT2D eigenvalue weighted by Gasteiger charge is 2.33. The Labute approximate surface area is 146 Å². The van der Waals surface area contributed by atoms with Gasteiger partial charge in [0.15, 0.2) is 0 Å². The molecule has 136 valence electrons. The van der Waals surface area contributed by atoms with E-state index in [1.54, 1.807) is 6.07 Å². The minimum atomic E-state index is -0.593. The van der Waals surface area contributed by atoms with Gasteiger partial charge in [0.25, 0.3) is 0 Å². The number of rotatable bonds is 4. The predicted octanol–water partition coefficient (Wildman–Crippen LogP) is 1.48. The summed E-state index contributed by atoms with van der Waals surface area (Å²) in [5.74, 6) is -1.51. The van der Waals surface area contributed by atoms with E-state index in [4.69, 9.17) is 4.74 Å². The zero-order valence-electron chi connectivity index (χ0n) is 14.6. The zero-order valence-corrected chi connectivity index (χ0v) is 14.6. The summed E-state index contributed by atoms with van der Waals surface area (Å²) in [4.78, 5) is 26.8. The number of fused-ring (bicyclic) bond motifs is 1. The second-order valence-corrected chi connectivity index (χ2v) is 7.17. The molecule has 2 aliphatic heterocycles. The van der Waals surface area contributed by atoms with E-state index in [0.29, 0.717) is 31.0 Å². The average Bonchev–Trinajstić information content (AvgIpc) is 2.59. The number of benzene rings is 1. The molecular formula is C18H24FN3O3. The van der Waals surface area contributed by atoms with Gasteiger partial charge >= 0.3 is 0 Å². The smallest absolute Gasteiger partial charge is 0.228 e. The molecule has 1 fully saturated rings. The van der Waals surface area contributed by atoms with Gasteiger partial charge in [0.2, 0.25) is 11.8 Å². The first kappa shape index (κ1) is 17.8. The van der Waals surface area contributed by atoms with Crippen molar-refractivity contribution in [3.05, 3.63) is 29.6 Å². The Kier molecular flexibility index (Phi) is 5.06. The molecule has 0 saturated carbocycles. The molecule has 25 heavy (non-hydrogen) atoms. The van der Waals surface area contributed by atoms with Crippen LogP contribution < -0.4 is 10.6 Å². The molecule has 0 aliphatic carbocycles. The Morgan fingerprint density at radius 1 is 1.40 bits per heavy atom. The number of carbonyl (C=O) groups is 2. The van der Waals surface area contributed by atoms with Crippen LogP contribution in [0.25, 0.3) is 0 Å². The highest BCUT2D eigenvalue weighted by molar-refractivity contribution is 6.01. The van der Waals surface area contributed by atoms with Crippen LogP contribution in [0.15, 0.2) is 18.2 Å². The number of ether oxygens (including phenoxy) is 1. The van der Waals surface area contributed by atoms with Gasteiger partial charge in [-0.25, -0.2) is 4.39 Å². The molecule has 0 bridgehead atoms. The molecule has 1 aromatic carbocycles. The lowest BCUT2D eigenvalue weighted by molar-refractivity contribution is -0.126. The second kappa shape index (κ2) is 7.09. The first-order valence-electron chi connectivity index (χ1n) is 8.56. The van der Waals surface area contributed by atoms with Crippen LogP contribution in [0.2, 0.25) is 0 Å². The third-order valence-electron chi connectivity index (χ3n) is 4.93. The molecule has 2 aliphatic rings. The molecule has 1 saturated heterocycles. The maximum Gasteiger partial charge on any atom is 0.228 e. The van der Waals surface area contributed by atoms with Crippen molar-refractivity contribution >= 4 is 17.5 Å². The Balaban J connectivity index is 1.68. The number of nitrogens with one attached hydrogen (secondary N) is 2. The first-order valence-corrected chi connectivity index (χ1v) is 8.56. The molecule has 1 aromatic rings. The third-order valence-corrected chi connectivity index (χ3v) is 4.93. The van der Waals surface area contributed by atoms with E-state index < -0.39 is 11.7 Å². The summed E-state index contributed by atoms with van der Waals surface area (Å²) >= 11 is 0. The van der Waals surface area contributed by atoms with E-state index in [2.05, 4.69) is 29.4 Å². The third kappa shape index (κ3) is 3.99. The van der Waals surface area contributed by atoms with Gasteiger partial charge < -0.3 is 15.4 Å². The fourth-order valence-corrected chi connectivity index (χ4v) is 3.38. The molecule has 0 radical (unpaired) electrons. The summed E-state index contributed by atoms with van der Waals surface area (Å²) in [5, 5.41) is 5.60. The van der Waals surface area contributed by atoms with Crippen molar-refractivity contribution in [2.45, 2.75) is 31.7 Å². The molecule has 2 amide bonds. The van der Waals surface area contributed by atoms with Crippen LogP contribution in [0.1, 0.15) is 31.7 Å². The molecule has 0 spiro atoms. The molecule has 1 atom stereocenters. The minimum Gasteiger partial charge on any atom is -0.379 e. The van der Waals surface area contributed by atoms with Crippen molar-refractivity contribution in [2.24, 2.45) is 0 Å². The molecule has 2 heterocycles. The van der Waals surface area contributed by atoms with Crippen molar-refractivity contribution < 1.29 is 18.7 Å². The van der Waals surface area contributed by atoms with Gasteiger partial charge in [-0.3, -0.25) is 14.5 Å². The summed E-state index contributed by atoms with van der Waals surface area (Å²) in [5.41, 5.74) is 0.827. The molecule has 0 aromatic heterocycles. The standard InChI is InChI=1S/C18H24FN3O3/c1-18(2,22-5-7-25-8-6-22)11-20-17(24)14-10-16(23)21-15-9-12(19)3-4-13(14)15/h3-4,9,14H,5-8,10-11H2,1-2H3,(H,20,24)(H,21,23)/t14-/m1/s1. The van der Waals surface area contributed by atoms with E-state index in [1.807, 2.05) is 0 Å². The largest absolute Gasteiger partial charge is 0.379 e.